The normalized spacial score (nSPS) is 11.7. The van der Waals surface area contributed by atoms with Gasteiger partial charge in [0.25, 0.3) is 0 Å². The Morgan fingerprint density at radius 1 is 1.14 bits per heavy atom. The third-order valence-corrected chi connectivity index (χ3v) is 2.78. The lowest BCUT2D eigenvalue weighted by molar-refractivity contribution is -0.170. The minimum Gasteiger partial charge on any atom is -0.474 e. The van der Waals surface area contributed by atoms with Crippen molar-refractivity contribution in [3.05, 3.63) is 24.3 Å². The van der Waals surface area contributed by atoms with Crippen LogP contribution in [0.4, 0.5) is 5.69 Å². The molecule has 6 heteroatoms. The van der Waals surface area contributed by atoms with Crippen molar-refractivity contribution in [2.45, 2.75) is 45.8 Å². The molecule has 0 bridgehead atoms. The number of hydrogen-bond donors (Lipinski definition) is 1. The van der Waals surface area contributed by atoms with Gasteiger partial charge in [-0.25, -0.2) is 4.79 Å². The fraction of sp³-hybridized carbons (Fsp3) is 0.500. The Morgan fingerprint density at radius 2 is 1.73 bits per heavy atom. The fourth-order valence-corrected chi connectivity index (χ4v) is 1.63. The Labute approximate surface area is 135 Å². The molecule has 5 nitrogen and oxygen atoms in total. The highest BCUT2D eigenvalue weighted by Crippen LogP contribution is 2.29. The van der Waals surface area contributed by atoms with Crippen molar-refractivity contribution < 1.29 is 19.1 Å². The average Bonchev–Trinajstić information content (AvgIpc) is 2.38. The molecular formula is C16H22ClNO4. The van der Waals surface area contributed by atoms with Crippen LogP contribution >= 0.6 is 11.6 Å². The van der Waals surface area contributed by atoms with Gasteiger partial charge in [0.2, 0.25) is 5.91 Å². The maximum atomic E-state index is 12.2. The van der Waals surface area contributed by atoms with Crippen LogP contribution in [-0.2, 0) is 14.3 Å². The predicted octanol–water partition coefficient (Wildman–Crippen LogP) is 3.36. The highest BCUT2D eigenvalue weighted by molar-refractivity contribution is 6.29. The lowest BCUT2D eigenvalue weighted by Gasteiger charge is -2.29. The van der Waals surface area contributed by atoms with Gasteiger partial charge in [0.15, 0.2) is 5.60 Å². The number of amides is 1. The van der Waals surface area contributed by atoms with E-state index in [4.69, 9.17) is 21.1 Å². The molecule has 0 spiro atoms. The number of esters is 1. The topological polar surface area (TPSA) is 64.6 Å². The number of rotatable bonds is 5. The molecule has 122 valence electrons. The molecule has 0 fully saturated rings. The number of carbonyl (C=O) groups excluding carboxylic acids is 2. The van der Waals surface area contributed by atoms with Gasteiger partial charge >= 0.3 is 5.97 Å². The fourth-order valence-electron chi connectivity index (χ4n) is 1.56. The highest BCUT2D eigenvalue weighted by atomic mass is 35.5. The van der Waals surface area contributed by atoms with Gasteiger partial charge in [-0.3, -0.25) is 4.79 Å². The second kappa shape index (κ2) is 7.01. The van der Waals surface area contributed by atoms with E-state index in [1.54, 1.807) is 58.9 Å². The maximum Gasteiger partial charge on any atom is 0.350 e. The van der Waals surface area contributed by atoms with Crippen LogP contribution in [0.1, 0.15) is 34.6 Å². The van der Waals surface area contributed by atoms with Crippen molar-refractivity contribution in [2.75, 3.05) is 11.2 Å². The molecule has 1 N–H and O–H groups in total. The van der Waals surface area contributed by atoms with Gasteiger partial charge in [-0.15, -0.1) is 11.6 Å². The molecule has 0 aromatic heterocycles. The summed E-state index contributed by atoms with van der Waals surface area (Å²) >= 11 is 5.48. The van der Waals surface area contributed by atoms with E-state index in [2.05, 4.69) is 5.32 Å². The molecule has 0 aliphatic heterocycles. The molecule has 0 aliphatic rings. The number of halogens is 1. The van der Waals surface area contributed by atoms with Crippen molar-refractivity contribution in [1.82, 2.24) is 0 Å². The van der Waals surface area contributed by atoms with Gasteiger partial charge < -0.3 is 14.8 Å². The molecule has 0 aliphatic carbocycles. The van der Waals surface area contributed by atoms with Gasteiger partial charge in [0, 0.05) is 0 Å². The number of hydrogen-bond acceptors (Lipinski definition) is 4. The Morgan fingerprint density at radius 3 is 2.27 bits per heavy atom. The van der Waals surface area contributed by atoms with Gasteiger partial charge in [0.05, 0.1) is 5.69 Å². The van der Waals surface area contributed by atoms with Crippen LogP contribution in [0, 0.1) is 0 Å². The van der Waals surface area contributed by atoms with Gasteiger partial charge in [-0.1, -0.05) is 12.1 Å². The third-order valence-electron chi connectivity index (χ3n) is 2.54. The minimum absolute atomic E-state index is 0.163. The van der Waals surface area contributed by atoms with Gasteiger partial charge in [0.1, 0.15) is 17.2 Å². The Bertz CT molecular complexity index is 549. The van der Waals surface area contributed by atoms with Crippen molar-refractivity contribution in [3.63, 3.8) is 0 Å². The van der Waals surface area contributed by atoms with Crippen LogP contribution in [0.5, 0.6) is 5.75 Å². The smallest absolute Gasteiger partial charge is 0.350 e. The summed E-state index contributed by atoms with van der Waals surface area (Å²) in [5.74, 6) is -0.632. The quantitative estimate of drug-likeness (QED) is 0.665. The number of carbonyl (C=O) groups is 2. The first-order valence-corrected chi connectivity index (χ1v) is 7.46. The molecule has 0 saturated carbocycles. The Hall–Kier alpha value is -1.75. The lowest BCUT2D eigenvalue weighted by Crippen LogP contribution is -2.43. The van der Waals surface area contributed by atoms with Gasteiger partial charge in [-0.2, -0.15) is 0 Å². The molecule has 22 heavy (non-hydrogen) atoms. The number of anilines is 1. The SMILES string of the molecule is CC(C)(C)OC(=O)C(C)(C)Oc1ccccc1NC(=O)CCl. The van der Waals surface area contributed by atoms with E-state index in [0.717, 1.165) is 0 Å². The molecule has 0 atom stereocenters. The first-order chi connectivity index (χ1) is 10.0. The van der Waals surface area contributed by atoms with E-state index in [1.165, 1.54) is 0 Å². The number of benzene rings is 1. The number of nitrogens with one attached hydrogen (secondary N) is 1. The summed E-state index contributed by atoms with van der Waals surface area (Å²) in [5.41, 5.74) is -1.36. The average molecular weight is 328 g/mol. The molecule has 1 aromatic carbocycles. The zero-order valence-electron chi connectivity index (χ0n) is 13.5. The zero-order valence-corrected chi connectivity index (χ0v) is 14.3. The van der Waals surface area contributed by atoms with Crippen molar-refractivity contribution in [2.24, 2.45) is 0 Å². The van der Waals surface area contributed by atoms with Crippen molar-refractivity contribution in [3.8, 4) is 5.75 Å². The number of alkyl halides is 1. The molecule has 1 aromatic rings. The lowest BCUT2D eigenvalue weighted by atomic mass is 10.1. The predicted molar refractivity (Wildman–Crippen MR) is 86.3 cm³/mol. The summed E-state index contributed by atoms with van der Waals surface area (Å²) in [4.78, 5) is 23.6. The monoisotopic (exact) mass is 327 g/mol. The maximum absolute atomic E-state index is 12.2. The van der Waals surface area contributed by atoms with Crippen LogP contribution in [0.25, 0.3) is 0 Å². The highest BCUT2D eigenvalue weighted by Gasteiger charge is 2.35. The number of para-hydroxylation sites is 2. The molecule has 1 amide bonds. The van der Waals surface area contributed by atoms with Crippen LogP contribution < -0.4 is 10.1 Å². The molecule has 0 radical (unpaired) electrons. The molecular weight excluding hydrogens is 306 g/mol. The Kier molecular flexibility index (Phi) is 5.83. The van der Waals surface area contributed by atoms with E-state index >= 15 is 0 Å². The van der Waals surface area contributed by atoms with Crippen LogP contribution in [0.2, 0.25) is 0 Å². The van der Waals surface area contributed by atoms with Crippen LogP contribution in [0.15, 0.2) is 24.3 Å². The summed E-state index contributed by atoms with van der Waals surface area (Å²) < 4.78 is 11.1. The summed E-state index contributed by atoms with van der Waals surface area (Å²) in [6.45, 7) is 8.59. The van der Waals surface area contributed by atoms with Crippen molar-refractivity contribution in [1.29, 1.82) is 0 Å². The van der Waals surface area contributed by atoms with E-state index in [9.17, 15) is 9.59 Å². The first-order valence-electron chi connectivity index (χ1n) is 6.92. The minimum atomic E-state index is -1.20. The molecule has 1 rings (SSSR count). The zero-order chi connectivity index (χ0) is 17.0. The first kappa shape index (κ1) is 18.3. The van der Waals surface area contributed by atoms with E-state index in [0.29, 0.717) is 11.4 Å². The standard InChI is InChI=1S/C16H22ClNO4/c1-15(2,3)22-14(20)16(4,5)21-12-9-7-6-8-11(12)18-13(19)10-17/h6-9H,10H2,1-5H3,(H,18,19). The van der Waals surface area contributed by atoms with E-state index < -0.39 is 17.2 Å². The summed E-state index contributed by atoms with van der Waals surface area (Å²) in [6.07, 6.45) is 0. The molecule has 0 unspecified atom stereocenters. The number of ether oxygens (including phenoxy) is 2. The van der Waals surface area contributed by atoms with Gasteiger partial charge in [-0.05, 0) is 46.8 Å². The van der Waals surface area contributed by atoms with Crippen molar-refractivity contribution >= 4 is 29.2 Å². The molecule has 0 saturated heterocycles. The van der Waals surface area contributed by atoms with Crippen LogP contribution in [-0.4, -0.2) is 29.0 Å². The Balaban J connectivity index is 2.93. The summed E-state index contributed by atoms with van der Waals surface area (Å²) in [5, 5.41) is 2.62. The summed E-state index contributed by atoms with van der Waals surface area (Å²) in [6, 6.07) is 6.83. The second-order valence-electron chi connectivity index (χ2n) is 6.29. The third kappa shape index (κ3) is 5.56. The second-order valence-corrected chi connectivity index (χ2v) is 6.56. The molecule has 0 heterocycles. The van der Waals surface area contributed by atoms with E-state index in [-0.39, 0.29) is 11.8 Å². The summed E-state index contributed by atoms with van der Waals surface area (Å²) in [7, 11) is 0. The largest absolute Gasteiger partial charge is 0.474 e. The van der Waals surface area contributed by atoms with Crippen LogP contribution in [0.3, 0.4) is 0 Å². The van der Waals surface area contributed by atoms with E-state index in [1.807, 2.05) is 0 Å².